The van der Waals surface area contributed by atoms with E-state index in [1.807, 2.05) is 11.5 Å². The average molecular weight is 458 g/mol. The van der Waals surface area contributed by atoms with Gasteiger partial charge in [-0.1, -0.05) is 0 Å². The summed E-state index contributed by atoms with van der Waals surface area (Å²) in [5.41, 5.74) is 2.01. The van der Waals surface area contributed by atoms with Gasteiger partial charge in [-0.3, -0.25) is 4.79 Å². The molecule has 1 N–H and O–H groups in total. The zero-order valence-electron chi connectivity index (χ0n) is 16.9. The average Bonchev–Trinajstić information content (AvgIpc) is 3.44. The van der Waals surface area contributed by atoms with Crippen LogP contribution in [0.5, 0.6) is 11.5 Å². The van der Waals surface area contributed by atoms with Crippen LogP contribution in [-0.4, -0.2) is 42.3 Å². The maximum Gasteiger partial charge on any atom is 0.258 e. The Labute approximate surface area is 187 Å². The highest BCUT2D eigenvalue weighted by Gasteiger charge is 2.26. The van der Waals surface area contributed by atoms with Gasteiger partial charge in [0.05, 0.1) is 24.9 Å². The lowest BCUT2D eigenvalue weighted by Crippen LogP contribution is -2.26. The molecule has 1 fully saturated rings. The molecule has 1 amide bonds. The molecule has 2 aromatic carbocycles. The maximum atomic E-state index is 13.2. The minimum atomic E-state index is -0.285. The second kappa shape index (κ2) is 9.40. The van der Waals surface area contributed by atoms with Crippen LogP contribution in [-0.2, 0) is 0 Å². The van der Waals surface area contributed by atoms with E-state index in [0.29, 0.717) is 28.7 Å². The number of nitrogens with zero attached hydrogens (tertiary/aromatic N) is 2. The summed E-state index contributed by atoms with van der Waals surface area (Å²) in [6.07, 6.45) is 1.90. The number of carbonyl (C=O) groups excluding carboxylic acids is 1. The second-order valence-electron chi connectivity index (χ2n) is 6.60. The molecule has 9 heteroatoms. The molecule has 1 aromatic heterocycles. The summed E-state index contributed by atoms with van der Waals surface area (Å²) in [7, 11) is 3.11. The third-order valence-electron chi connectivity index (χ3n) is 4.56. The zero-order chi connectivity index (χ0) is 21.8. The number of benzene rings is 2. The molecular formula is C22H20FN3O3S2. The summed E-state index contributed by atoms with van der Waals surface area (Å²) in [4.78, 5) is 19.5. The number of rotatable bonds is 6. The number of ether oxygens (including phenoxy) is 2. The van der Waals surface area contributed by atoms with Crippen molar-refractivity contribution in [2.24, 2.45) is 0 Å². The number of thioether (sulfide) groups is 1. The van der Waals surface area contributed by atoms with E-state index in [-0.39, 0.29) is 11.7 Å². The zero-order valence-corrected chi connectivity index (χ0v) is 18.6. The van der Waals surface area contributed by atoms with Crippen molar-refractivity contribution in [2.45, 2.75) is 0 Å². The molecule has 160 valence electrons. The summed E-state index contributed by atoms with van der Waals surface area (Å²) in [5.74, 6) is 1.54. The largest absolute Gasteiger partial charge is 0.497 e. The fourth-order valence-electron chi connectivity index (χ4n) is 3.03. The predicted molar refractivity (Wildman–Crippen MR) is 123 cm³/mol. The minimum Gasteiger partial charge on any atom is -0.497 e. The molecule has 31 heavy (non-hydrogen) atoms. The molecule has 3 aromatic rings. The fraction of sp³-hybridized carbons (Fsp3) is 0.182. The maximum absolute atomic E-state index is 13.2. The minimum absolute atomic E-state index is 0.117. The number of hydrogen-bond acceptors (Lipinski definition) is 7. The van der Waals surface area contributed by atoms with Crippen LogP contribution in [0.1, 0.15) is 16.1 Å². The molecule has 0 spiro atoms. The van der Waals surface area contributed by atoms with E-state index >= 15 is 0 Å². The summed E-state index contributed by atoms with van der Waals surface area (Å²) in [6, 6.07) is 11.3. The normalized spacial score (nSPS) is 14.7. The van der Waals surface area contributed by atoms with E-state index in [2.05, 4.69) is 10.3 Å². The van der Waals surface area contributed by atoms with Crippen LogP contribution in [0.3, 0.4) is 0 Å². The lowest BCUT2D eigenvalue weighted by molar-refractivity contribution is 0.0830. The van der Waals surface area contributed by atoms with Gasteiger partial charge in [0.15, 0.2) is 5.13 Å². The third-order valence-corrected chi connectivity index (χ3v) is 6.36. The number of methoxy groups -OCH3 is 2. The first-order valence-corrected chi connectivity index (χ1v) is 11.3. The van der Waals surface area contributed by atoms with E-state index in [9.17, 15) is 9.18 Å². The summed E-state index contributed by atoms with van der Waals surface area (Å²) in [5, 5.41) is 6.60. The van der Waals surface area contributed by atoms with Crippen molar-refractivity contribution >= 4 is 45.9 Å². The Morgan fingerprint density at radius 2 is 1.87 bits per heavy atom. The Morgan fingerprint density at radius 1 is 1.16 bits per heavy atom. The monoisotopic (exact) mass is 457 g/mol. The number of nitrogens with one attached hydrogen (secondary N) is 1. The van der Waals surface area contributed by atoms with Crippen LogP contribution in [0.2, 0.25) is 0 Å². The SMILES string of the molecule is COc1cc(OC)cc(C(=O)N2CCS/C2=C/c2csc(Nc3ccc(F)cc3)n2)c1. The van der Waals surface area contributed by atoms with Gasteiger partial charge < -0.3 is 19.7 Å². The van der Waals surface area contributed by atoms with Crippen LogP contribution in [0.4, 0.5) is 15.2 Å². The second-order valence-corrected chi connectivity index (χ2v) is 8.57. The van der Waals surface area contributed by atoms with Crippen LogP contribution in [0.15, 0.2) is 52.9 Å². The fourth-order valence-corrected chi connectivity index (χ4v) is 4.74. The highest BCUT2D eigenvalue weighted by Crippen LogP contribution is 2.33. The topological polar surface area (TPSA) is 63.7 Å². The van der Waals surface area contributed by atoms with Crippen molar-refractivity contribution in [3.05, 3.63) is 69.9 Å². The Morgan fingerprint density at radius 3 is 2.55 bits per heavy atom. The van der Waals surface area contributed by atoms with Crippen molar-refractivity contribution in [1.29, 1.82) is 0 Å². The van der Waals surface area contributed by atoms with Gasteiger partial charge in [-0.05, 0) is 42.5 Å². The van der Waals surface area contributed by atoms with Crippen LogP contribution >= 0.6 is 23.1 Å². The van der Waals surface area contributed by atoms with E-state index in [0.717, 1.165) is 22.2 Å². The summed E-state index contributed by atoms with van der Waals surface area (Å²) >= 11 is 3.05. The number of carbonyl (C=O) groups is 1. The predicted octanol–water partition coefficient (Wildman–Crippen LogP) is 5.23. The van der Waals surface area contributed by atoms with Crippen LogP contribution in [0, 0.1) is 5.82 Å². The molecular weight excluding hydrogens is 437 g/mol. The Balaban J connectivity index is 1.52. The quantitative estimate of drug-likeness (QED) is 0.547. The number of aromatic nitrogens is 1. The molecule has 0 atom stereocenters. The van der Waals surface area contributed by atoms with E-state index in [1.54, 1.807) is 61.2 Å². The van der Waals surface area contributed by atoms with Gasteiger partial charge in [-0.15, -0.1) is 23.1 Å². The van der Waals surface area contributed by atoms with Crippen molar-refractivity contribution < 1.29 is 18.7 Å². The molecule has 4 rings (SSSR count). The Kier molecular flexibility index (Phi) is 6.43. The van der Waals surface area contributed by atoms with Gasteiger partial charge in [0.1, 0.15) is 17.3 Å². The van der Waals surface area contributed by atoms with Crippen LogP contribution in [0.25, 0.3) is 6.08 Å². The number of anilines is 2. The first kappa shape index (κ1) is 21.2. The van der Waals surface area contributed by atoms with E-state index in [4.69, 9.17) is 9.47 Å². The lowest BCUT2D eigenvalue weighted by Gasteiger charge is -2.18. The summed E-state index contributed by atoms with van der Waals surface area (Å²) < 4.78 is 23.6. The molecule has 0 unspecified atom stereocenters. The number of thiazole rings is 1. The van der Waals surface area contributed by atoms with E-state index in [1.165, 1.54) is 23.5 Å². The van der Waals surface area contributed by atoms with Crippen LogP contribution < -0.4 is 14.8 Å². The molecule has 0 saturated carbocycles. The van der Waals surface area contributed by atoms with Crippen molar-refractivity contribution in [2.75, 3.05) is 31.8 Å². The standard InChI is InChI=1S/C22H20FN3O3S2/c1-28-18-9-14(10-19(12-18)29-2)21(27)26-7-8-30-20(26)11-17-13-31-22(25-17)24-16-5-3-15(23)4-6-16/h3-6,9-13H,7-8H2,1-2H3,(H,24,25)/b20-11+. The number of hydrogen-bond donors (Lipinski definition) is 1. The molecule has 0 bridgehead atoms. The van der Waals surface area contributed by atoms with Gasteiger partial charge in [0.2, 0.25) is 0 Å². The first-order valence-electron chi connectivity index (χ1n) is 9.43. The molecule has 0 radical (unpaired) electrons. The first-order chi connectivity index (χ1) is 15.1. The molecule has 1 aliphatic rings. The van der Waals surface area contributed by atoms with E-state index < -0.39 is 0 Å². The molecule has 1 aliphatic heterocycles. The van der Waals surface area contributed by atoms with Crippen molar-refractivity contribution in [3.63, 3.8) is 0 Å². The number of amides is 1. The summed E-state index contributed by atoms with van der Waals surface area (Å²) in [6.45, 7) is 0.611. The molecule has 0 aliphatic carbocycles. The van der Waals surface area contributed by atoms with Gasteiger partial charge >= 0.3 is 0 Å². The third kappa shape index (κ3) is 5.00. The van der Waals surface area contributed by atoms with Crippen molar-refractivity contribution in [1.82, 2.24) is 9.88 Å². The van der Waals surface area contributed by atoms with Gasteiger partial charge in [0, 0.05) is 35.0 Å². The highest BCUT2D eigenvalue weighted by molar-refractivity contribution is 8.03. The smallest absolute Gasteiger partial charge is 0.258 e. The highest BCUT2D eigenvalue weighted by atomic mass is 32.2. The lowest BCUT2D eigenvalue weighted by atomic mass is 10.1. The molecule has 1 saturated heterocycles. The molecule has 6 nitrogen and oxygen atoms in total. The van der Waals surface area contributed by atoms with Gasteiger partial charge in [0.25, 0.3) is 5.91 Å². The van der Waals surface area contributed by atoms with Crippen molar-refractivity contribution in [3.8, 4) is 11.5 Å². The number of halogens is 1. The van der Waals surface area contributed by atoms with Gasteiger partial charge in [-0.2, -0.15) is 0 Å². The molecule has 2 heterocycles. The Hall–Kier alpha value is -3.04. The van der Waals surface area contributed by atoms with Gasteiger partial charge in [-0.25, -0.2) is 9.37 Å². The Bertz CT molecular complexity index is 1090.